The quantitative estimate of drug-likeness (QED) is 0.855. The summed E-state index contributed by atoms with van der Waals surface area (Å²) in [4.78, 5) is 16.4. The number of primary amides is 1. The van der Waals surface area contributed by atoms with Crippen LogP contribution in [0, 0.1) is 0 Å². The van der Waals surface area contributed by atoms with Crippen molar-refractivity contribution in [2.75, 3.05) is 36.5 Å². The second-order valence-electron chi connectivity index (χ2n) is 6.33. The van der Waals surface area contributed by atoms with E-state index in [4.69, 9.17) is 5.73 Å². The third kappa shape index (κ3) is 3.29. The van der Waals surface area contributed by atoms with E-state index in [1.165, 1.54) is 5.69 Å². The molecule has 0 spiro atoms. The van der Waals surface area contributed by atoms with Crippen molar-refractivity contribution in [2.24, 2.45) is 5.73 Å². The largest absolute Gasteiger partial charge is 0.371 e. The van der Waals surface area contributed by atoms with Crippen LogP contribution in [0.25, 0.3) is 0 Å². The predicted octanol–water partition coefficient (Wildman–Crippen LogP) is 1.18. The van der Waals surface area contributed by atoms with Crippen LogP contribution in [0.3, 0.4) is 0 Å². The predicted molar refractivity (Wildman–Crippen MR) is 87.8 cm³/mol. The lowest BCUT2D eigenvalue weighted by Gasteiger charge is -2.41. The van der Waals surface area contributed by atoms with Crippen molar-refractivity contribution in [1.29, 1.82) is 0 Å². The number of nitrogens with zero attached hydrogens (tertiary/aromatic N) is 2. The van der Waals surface area contributed by atoms with Gasteiger partial charge in [-0.3, -0.25) is 10.1 Å². The minimum atomic E-state index is -0.739. The first kappa shape index (κ1) is 15.6. The molecule has 1 aliphatic rings. The monoisotopic (exact) mass is 290 g/mol. The normalized spacial score (nSPS) is 17.6. The molecule has 0 bridgehead atoms. The summed E-state index contributed by atoms with van der Waals surface area (Å²) in [6.07, 6.45) is 0. The standard InChI is InChI=1S/C16H26N4O/c1-12(2)18-16(3,15(17)21)11-20-10-9-19(4)13-7-5-6-8-14(13)20/h5-8,12,18H,9-11H2,1-4H3,(H2,17,21). The summed E-state index contributed by atoms with van der Waals surface area (Å²) in [5.41, 5.74) is 7.26. The molecule has 1 heterocycles. The molecule has 0 fully saturated rings. The number of anilines is 2. The van der Waals surface area contributed by atoms with Crippen molar-refractivity contribution in [3.05, 3.63) is 24.3 Å². The van der Waals surface area contributed by atoms with Crippen LogP contribution in [-0.4, -0.2) is 44.2 Å². The fourth-order valence-corrected chi connectivity index (χ4v) is 2.94. The van der Waals surface area contributed by atoms with Gasteiger partial charge >= 0.3 is 0 Å². The summed E-state index contributed by atoms with van der Waals surface area (Å²) in [5, 5.41) is 3.32. The molecule has 5 nitrogen and oxygen atoms in total. The molecule has 5 heteroatoms. The molecule has 1 atom stereocenters. The number of carbonyl (C=O) groups is 1. The van der Waals surface area contributed by atoms with Crippen LogP contribution in [0.1, 0.15) is 20.8 Å². The molecule has 1 aromatic rings. The lowest BCUT2D eigenvalue weighted by atomic mass is 9.98. The van der Waals surface area contributed by atoms with E-state index in [0.29, 0.717) is 6.54 Å². The van der Waals surface area contributed by atoms with E-state index in [0.717, 1.165) is 18.8 Å². The second kappa shape index (κ2) is 5.93. The third-order valence-electron chi connectivity index (χ3n) is 4.00. The molecular weight excluding hydrogens is 264 g/mol. The van der Waals surface area contributed by atoms with Gasteiger partial charge in [0.1, 0.15) is 5.54 Å². The molecular formula is C16H26N4O. The minimum absolute atomic E-state index is 0.199. The van der Waals surface area contributed by atoms with Crippen LogP contribution >= 0.6 is 0 Å². The van der Waals surface area contributed by atoms with E-state index in [1.54, 1.807) is 0 Å². The van der Waals surface area contributed by atoms with Crippen molar-refractivity contribution in [1.82, 2.24) is 5.32 Å². The van der Waals surface area contributed by atoms with Gasteiger partial charge in [0, 0.05) is 32.7 Å². The Morgan fingerprint density at radius 3 is 2.52 bits per heavy atom. The Bertz CT molecular complexity index is 517. The van der Waals surface area contributed by atoms with Crippen LogP contribution in [0.5, 0.6) is 0 Å². The molecule has 1 unspecified atom stereocenters. The van der Waals surface area contributed by atoms with Crippen molar-refractivity contribution >= 4 is 17.3 Å². The smallest absolute Gasteiger partial charge is 0.239 e. The van der Waals surface area contributed by atoms with Crippen molar-refractivity contribution in [2.45, 2.75) is 32.4 Å². The first-order valence-electron chi connectivity index (χ1n) is 7.46. The zero-order valence-corrected chi connectivity index (χ0v) is 13.4. The first-order valence-corrected chi connectivity index (χ1v) is 7.46. The molecule has 1 amide bonds. The van der Waals surface area contributed by atoms with Crippen LogP contribution in [0.15, 0.2) is 24.3 Å². The average Bonchev–Trinajstić information content (AvgIpc) is 2.41. The maximum absolute atomic E-state index is 11.9. The Balaban J connectivity index is 2.26. The maximum atomic E-state index is 11.9. The molecule has 0 aliphatic carbocycles. The van der Waals surface area contributed by atoms with E-state index >= 15 is 0 Å². The molecule has 0 aromatic heterocycles. The number of para-hydroxylation sites is 2. The van der Waals surface area contributed by atoms with Gasteiger partial charge in [-0.2, -0.15) is 0 Å². The van der Waals surface area contributed by atoms with E-state index in [9.17, 15) is 4.79 Å². The van der Waals surface area contributed by atoms with Crippen LogP contribution in [0.4, 0.5) is 11.4 Å². The van der Waals surface area contributed by atoms with Gasteiger partial charge in [0.05, 0.1) is 11.4 Å². The summed E-state index contributed by atoms with van der Waals surface area (Å²) in [7, 11) is 2.09. The summed E-state index contributed by atoms with van der Waals surface area (Å²) in [5.74, 6) is -0.312. The zero-order valence-electron chi connectivity index (χ0n) is 13.4. The topological polar surface area (TPSA) is 61.6 Å². The number of rotatable bonds is 5. The Kier molecular flexibility index (Phi) is 4.42. The third-order valence-corrected chi connectivity index (χ3v) is 4.00. The molecule has 0 radical (unpaired) electrons. The van der Waals surface area contributed by atoms with Gasteiger partial charge in [0.25, 0.3) is 0 Å². The zero-order chi connectivity index (χ0) is 15.6. The molecule has 21 heavy (non-hydrogen) atoms. The van der Waals surface area contributed by atoms with E-state index in [2.05, 4.69) is 34.3 Å². The van der Waals surface area contributed by atoms with Crippen molar-refractivity contribution in [3.8, 4) is 0 Å². The van der Waals surface area contributed by atoms with E-state index in [1.807, 2.05) is 32.9 Å². The number of benzene rings is 1. The molecule has 3 N–H and O–H groups in total. The number of likely N-dealkylation sites (N-methyl/N-ethyl adjacent to an activating group) is 1. The van der Waals surface area contributed by atoms with E-state index in [-0.39, 0.29) is 11.9 Å². The average molecular weight is 290 g/mol. The van der Waals surface area contributed by atoms with Gasteiger partial charge < -0.3 is 15.5 Å². The fraction of sp³-hybridized carbons (Fsp3) is 0.562. The summed E-state index contributed by atoms with van der Waals surface area (Å²) in [6, 6.07) is 8.48. The van der Waals surface area contributed by atoms with Gasteiger partial charge in [-0.15, -0.1) is 0 Å². The molecule has 2 rings (SSSR count). The molecule has 116 valence electrons. The number of nitrogens with one attached hydrogen (secondary N) is 1. The lowest BCUT2D eigenvalue weighted by molar-refractivity contribution is -0.123. The van der Waals surface area contributed by atoms with Gasteiger partial charge in [-0.25, -0.2) is 0 Å². The lowest BCUT2D eigenvalue weighted by Crippen LogP contribution is -2.62. The summed E-state index contributed by atoms with van der Waals surface area (Å²) < 4.78 is 0. The number of carbonyl (C=O) groups excluding carboxylic acids is 1. The minimum Gasteiger partial charge on any atom is -0.371 e. The van der Waals surface area contributed by atoms with Crippen molar-refractivity contribution in [3.63, 3.8) is 0 Å². The van der Waals surface area contributed by atoms with Gasteiger partial charge in [0.15, 0.2) is 0 Å². The number of amides is 1. The first-order chi connectivity index (χ1) is 9.83. The van der Waals surface area contributed by atoms with E-state index < -0.39 is 5.54 Å². The molecule has 0 saturated heterocycles. The Morgan fingerprint density at radius 1 is 1.33 bits per heavy atom. The van der Waals surface area contributed by atoms with Crippen molar-refractivity contribution < 1.29 is 4.79 Å². The Morgan fingerprint density at radius 2 is 1.95 bits per heavy atom. The molecule has 1 aliphatic heterocycles. The second-order valence-corrected chi connectivity index (χ2v) is 6.33. The highest BCUT2D eigenvalue weighted by atomic mass is 16.1. The Hall–Kier alpha value is -1.75. The highest BCUT2D eigenvalue weighted by molar-refractivity contribution is 5.85. The highest BCUT2D eigenvalue weighted by Crippen LogP contribution is 2.32. The number of hydrogen-bond acceptors (Lipinski definition) is 4. The van der Waals surface area contributed by atoms with Gasteiger partial charge in [-0.1, -0.05) is 12.1 Å². The Labute approximate surface area is 127 Å². The molecule has 1 aromatic carbocycles. The van der Waals surface area contributed by atoms with Gasteiger partial charge in [-0.05, 0) is 32.9 Å². The van der Waals surface area contributed by atoms with Gasteiger partial charge in [0.2, 0.25) is 5.91 Å². The highest BCUT2D eigenvalue weighted by Gasteiger charge is 2.35. The number of fused-ring (bicyclic) bond motifs is 1. The SMILES string of the molecule is CC(C)NC(C)(CN1CCN(C)c2ccccc21)C(N)=O. The van der Waals surface area contributed by atoms with Crippen LogP contribution < -0.4 is 20.9 Å². The van der Waals surface area contributed by atoms with Crippen LogP contribution in [0.2, 0.25) is 0 Å². The summed E-state index contributed by atoms with van der Waals surface area (Å²) in [6.45, 7) is 8.34. The fourth-order valence-electron chi connectivity index (χ4n) is 2.94. The summed E-state index contributed by atoms with van der Waals surface area (Å²) >= 11 is 0. The molecule has 0 saturated carbocycles. The number of nitrogens with two attached hydrogens (primary N) is 1. The number of hydrogen-bond donors (Lipinski definition) is 2. The maximum Gasteiger partial charge on any atom is 0.239 e. The van der Waals surface area contributed by atoms with Crippen LogP contribution in [-0.2, 0) is 4.79 Å².